The maximum atomic E-state index is 12.9. The molecule has 0 N–H and O–H groups in total. The maximum absolute atomic E-state index is 12.9. The van der Waals surface area contributed by atoms with Crippen LogP contribution in [0.1, 0.15) is 297 Å². The number of carbonyl (C=O) groups excluding carboxylic acids is 3. The largest absolute Gasteiger partial charge is 0.462 e. The number of carbonyl (C=O) groups is 3. The zero-order chi connectivity index (χ0) is 53.6. The van der Waals surface area contributed by atoms with Crippen molar-refractivity contribution in [3.8, 4) is 0 Å². The number of esters is 3. The molecule has 0 amide bonds. The van der Waals surface area contributed by atoms with Gasteiger partial charge in [0.25, 0.3) is 0 Å². The van der Waals surface area contributed by atoms with E-state index in [0.29, 0.717) is 19.3 Å². The van der Waals surface area contributed by atoms with Crippen LogP contribution in [0.4, 0.5) is 0 Å². The molecule has 6 nitrogen and oxygen atoms in total. The van der Waals surface area contributed by atoms with Crippen molar-refractivity contribution in [1.29, 1.82) is 0 Å². The zero-order valence-corrected chi connectivity index (χ0v) is 48.6. The van der Waals surface area contributed by atoms with Crippen molar-refractivity contribution in [2.75, 3.05) is 13.2 Å². The molecule has 0 aromatic heterocycles. The van der Waals surface area contributed by atoms with Gasteiger partial charge in [-0.1, -0.05) is 272 Å². The molecule has 0 radical (unpaired) electrons. The van der Waals surface area contributed by atoms with E-state index < -0.39 is 6.10 Å². The summed E-state index contributed by atoms with van der Waals surface area (Å²) < 4.78 is 16.8. The van der Waals surface area contributed by atoms with E-state index in [1.165, 1.54) is 148 Å². The quantitative estimate of drug-likeness (QED) is 0.0261. The molecule has 0 aliphatic rings. The number of unbranched alkanes of at least 4 members (excludes halogenated alkanes) is 29. The van der Waals surface area contributed by atoms with Gasteiger partial charge >= 0.3 is 17.9 Å². The van der Waals surface area contributed by atoms with Crippen LogP contribution in [0.5, 0.6) is 0 Å². The van der Waals surface area contributed by atoms with Gasteiger partial charge in [-0.05, 0) is 103 Å². The summed E-state index contributed by atoms with van der Waals surface area (Å²) in [4.78, 5) is 38.1. The Morgan fingerprint density at radius 2 is 0.527 bits per heavy atom. The van der Waals surface area contributed by atoms with Gasteiger partial charge in [-0.2, -0.15) is 0 Å². The molecule has 0 saturated heterocycles. The Bertz CT molecular complexity index is 1460. The van der Waals surface area contributed by atoms with Crippen LogP contribution < -0.4 is 0 Å². The van der Waals surface area contributed by atoms with Crippen molar-refractivity contribution in [1.82, 2.24) is 0 Å². The fraction of sp³-hybridized carbons (Fsp3) is 0.721. The average Bonchev–Trinajstić information content (AvgIpc) is 3.40. The third-order valence-electron chi connectivity index (χ3n) is 13.3. The van der Waals surface area contributed by atoms with Crippen LogP contribution >= 0.6 is 0 Å². The van der Waals surface area contributed by atoms with Crippen molar-refractivity contribution in [3.63, 3.8) is 0 Å². The standard InChI is InChI=1S/C68H116O6/c1-4-7-10-13-16-19-21-23-25-27-29-31-32-33-34-35-36-38-39-41-43-45-47-49-52-55-58-61-67(70)73-64-65(63-72-66(69)60-57-54-51-18-15-12-9-6-3)74-68(71)62-59-56-53-50-48-46-44-42-40-37-30-28-26-24-22-20-17-14-11-8-5-2/h7,10,16,19,22-25,28-31,33-34,36,38,65H,4-6,8-9,11-15,17-18,20-21,26-27,32,35,37,39-64H2,1-3H3/b10-7-,19-16-,24-22-,25-23-,30-28-,31-29-,34-33-,38-36-. The number of ether oxygens (including phenoxy) is 3. The van der Waals surface area contributed by atoms with E-state index in [9.17, 15) is 14.4 Å². The molecule has 0 aliphatic heterocycles. The van der Waals surface area contributed by atoms with Gasteiger partial charge in [0.15, 0.2) is 6.10 Å². The van der Waals surface area contributed by atoms with Crippen LogP contribution in [-0.4, -0.2) is 37.2 Å². The van der Waals surface area contributed by atoms with E-state index in [4.69, 9.17) is 14.2 Å². The van der Waals surface area contributed by atoms with Gasteiger partial charge in [0.05, 0.1) is 0 Å². The van der Waals surface area contributed by atoms with Crippen LogP contribution in [-0.2, 0) is 28.6 Å². The van der Waals surface area contributed by atoms with E-state index in [0.717, 1.165) is 109 Å². The molecular formula is C68H116O6. The Hall–Kier alpha value is -3.67. The minimum atomic E-state index is -0.782. The van der Waals surface area contributed by atoms with E-state index >= 15 is 0 Å². The first kappa shape index (κ1) is 70.3. The highest BCUT2D eigenvalue weighted by molar-refractivity contribution is 5.71. The SMILES string of the molecule is CC/C=C\C/C=C\C/C=C\C/C=C\C/C=C\C/C=C\CCCCCCCCCCC(=O)OCC(COC(=O)CCCCCCCCCC)OC(=O)CCCCCCCCCCC/C=C\C/C=C\CCCCCCC. The van der Waals surface area contributed by atoms with Gasteiger partial charge in [-0.15, -0.1) is 0 Å². The number of hydrogen-bond donors (Lipinski definition) is 0. The smallest absolute Gasteiger partial charge is 0.306 e. The molecule has 6 heteroatoms. The topological polar surface area (TPSA) is 78.9 Å². The van der Waals surface area contributed by atoms with Gasteiger partial charge in [0.1, 0.15) is 13.2 Å². The normalized spacial score (nSPS) is 12.7. The molecule has 0 fully saturated rings. The van der Waals surface area contributed by atoms with Crippen LogP contribution in [0.25, 0.3) is 0 Å². The molecule has 1 atom stereocenters. The highest BCUT2D eigenvalue weighted by atomic mass is 16.6. The van der Waals surface area contributed by atoms with Gasteiger partial charge in [0.2, 0.25) is 0 Å². The molecular weight excluding hydrogens is 913 g/mol. The molecule has 0 bridgehead atoms. The first-order valence-corrected chi connectivity index (χ1v) is 31.2. The molecule has 0 aromatic carbocycles. The van der Waals surface area contributed by atoms with E-state index in [2.05, 4.69) is 118 Å². The summed E-state index contributed by atoms with van der Waals surface area (Å²) in [5, 5.41) is 0. The van der Waals surface area contributed by atoms with Crippen molar-refractivity contribution in [2.24, 2.45) is 0 Å². The lowest BCUT2D eigenvalue weighted by molar-refractivity contribution is -0.167. The molecule has 1 unspecified atom stereocenters. The van der Waals surface area contributed by atoms with Crippen molar-refractivity contribution < 1.29 is 28.6 Å². The van der Waals surface area contributed by atoms with E-state index in [-0.39, 0.29) is 31.1 Å². The van der Waals surface area contributed by atoms with Crippen LogP contribution in [0.3, 0.4) is 0 Å². The monoisotopic (exact) mass is 1030 g/mol. The zero-order valence-electron chi connectivity index (χ0n) is 48.6. The number of rotatable bonds is 56. The summed E-state index contributed by atoms with van der Waals surface area (Å²) >= 11 is 0. The third-order valence-corrected chi connectivity index (χ3v) is 13.3. The Kier molecular flexibility index (Phi) is 58.8. The fourth-order valence-electron chi connectivity index (χ4n) is 8.65. The minimum absolute atomic E-state index is 0.0802. The summed E-state index contributed by atoms with van der Waals surface area (Å²) in [6.45, 7) is 6.49. The maximum Gasteiger partial charge on any atom is 0.306 e. The second kappa shape index (κ2) is 61.9. The molecule has 424 valence electrons. The van der Waals surface area contributed by atoms with Gasteiger partial charge in [-0.3, -0.25) is 14.4 Å². The highest BCUT2D eigenvalue weighted by Crippen LogP contribution is 2.16. The lowest BCUT2D eigenvalue weighted by atomic mass is 10.1. The first-order chi connectivity index (χ1) is 36.5. The van der Waals surface area contributed by atoms with Crippen LogP contribution in [0, 0.1) is 0 Å². The van der Waals surface area contributed by atoms with Gasteiger partial charge in [-0.25, -0.2) is 0 Å². The second-order valence-corrected chi connectivity index (χ2v) is 20.6. The van der Waals surface area contributed by atoms with Crippen molar-refractivity contribution >= 4 is 17.9 Å². The molecule has 0 saturated carbocycles. The summed E-state index contributed by atoms with van der Waals surface area (Å²) in [5.74, 6) is -0.890. The fourth-order valence-corrected chi connectivity index (χ4v) is 8.65. The minimum Gasteiger partial charge on any atom is -0.462 e. The number of allylic oxidation sites excluding steroid dienone is 16. The van der Waals surface area contributed by atoms with E-state index in [1.54, 1.807) is 0 Å². The van der Waals surface area contributed by atoms with Crippen LogP contribution in [0.15, 0.2) is 97.2 Å². The molecule has 0 rings (SSSR count). The third kappa shape index (κ3) is 59.2. The van der Waals surface area contributed by atoms with E-state index in [1.807, 2.05) is 0 Å². The predicted molar refractivity (Wildman–Crippen MR) is 320 cm³/mol. The highest BCUT2D eigenvalue weighted by Gasteiger charge is 2.19. The summed E-state index contributed by atoms with van der Waals surface area (Å²) in [7, 11) is 0. The molecule has 0 heterocycles. The Labute approximate surface area is 457 Å². The van der Waals surface area contributed by atoms with Crippen molar-refractivity contribution in [3.05, 3.63) is 97.2 Å². The van der Waals surface area contributed by atoms with Crippen LogP contribution in [0.2, 0.25) is 0 Å². The Morgan fingerprint density at radius 3 is 0.824 bits per heavy atom. The van der Waals surface area contributed by atoms with Gasteiger partial charge in [0, 0.05) is 19.3 Å². The molecule has 0 aromatic rings. The Morgan fingerprint density at radius 1 is 0.284 bits per heavy atom. The molecule has 0 spiro atoms. The average molecular weight is 1030 g/mol. The summed E-state index contributed by atoms with van der Waals surface area (Å²) in [6.07, 6.45) is 82.8. The summed E-state index contributed by atoms with van der Waals surface area (Å²) in [6, 6.07) is 0. The Balaban J connectivity index is 4.22. The molecule has 74 heavy (non-hydrogen) atoms. The molecule has 0 aliphatic carbocycles. The first-order valence-electron chi connectivity index (χ1n) is 31.2. The lowest BCUT2D eigenvalue weighted by Crippen LogP contribution is -2.30. The summed E-state index contributed by atoms with van der Waals surface area (Å²) in [5.41, 5.74) is 0. The lowest BCUT2D eigenvalue weighted by Gasteiger charge is -2.18. The predicted octanol–water partition coefficient (Wildman–Crippen LogP) is 21.3. The van der Waals surface area contributed by atoms with Crippen molar-refractivity contribution in [2.45, 2.75) is 303 Å². The van der Waals surface area contributed by atoms with Gasteiger partial charge < -0.3 is 14.2 Å². The second-order valence-electron chi connectivity index (χ2n) is 20.6. The number of hydrogen-bond acceptors (Lipinski definition) is 6.